The molecule has 0 bridgehead atoms. The molecule has 2 aromatic heterocycles. The number of unbranched alkanes of at least 4 members (excludes halogenated alkanes) is 1. The van der Waals surface area contributed by atoms with Crippen molar-refractivity contribution in [1.82, 2.24) is 25.3 Å². The van der Waals surface area contributed by atoms with Gasteiger partial charge < -0.3 is 14.8 Å². The molecule has 30 heavy (non-hydrogen) atoms. The van der Waals surface area contributed by atoms with Gasteiger partial charge in [0.05, 0.1) is 24.2 Å². The first kappa shape index (κ1) is 22.0. The molecule has 0 aromatic carbocycles. The zero-order valence-corrected chi connectivity index (χ0v) is 17.7. The van der Waals surface area contributed by atoms with Crippen LogP contribution in [0.1, 0.15) is 56.3 Å². The van der Waals surface area contributed by atoms with Crippen molar-refractivity contribution < 1.29 is 18.7 Å². The summed E-state index contributed by atoms with van der Waals surface area (Å²) in [4.78, 5) is 16.5. The van der Waals surface area contributed by atoms with E-state index in [1.165, 1.54) is 19.3 Å². The van der Waals surface area contributed by atoms with Gasteiger partial charge >= 0.3 is 6.09 Å². The number of ether oxygens (including phenoxy) is 2. The van der Waals surface area contributed by atoms with Gasteiger partial charge in [0.2, 0.25) is 0 Å². The van der Waals surface area contributed by atoms with Gasteiger partial charge in [-0.05, 0) is 57.6 Å². The topological polar surface area (TPSA) is 91.2 Å². The van der Waals surface area contributed by atoms with Gasteiger partial charge in [0, 0.05) is 13.6 Å². The van der Waals surface area contributed by atoms with Gasteiger partial charge in [-0.3, -0.25) is 4.39 Å². The molecule has 3 rings (SSSR count). The highest BCUT2D eigenvalue weighted by Gasteiger charge is 2.19. The van der Waals surface area contributed by atoms with E-state index in [0.29, 0.717) is 36.5 Å². The molecule has 0 unspecified atom stereocenters. The van der Waals surface area contributed by atoms with Crippen molar-refractivity contribution in [2.24, 2.45) is 7.05 Å². The third-order valence-electron chi connectivity index (χ3n) is 5.24. The standard InChI is InChI=1S/C21H30FN5O3/c1-15-19(30-16-8-4-3-5-9-16)11-10-17(24-15)20-18(27(2)26-25-20)14-29-21(28)23-13-7-6-12-22/h10-11,16H,3-9,12-14H2,1-2H3,(H,23,28). The Morgan fingerprint density at radius 3 is 2.80 bits per heavy atom. The lowest BCUT2D eigenvalue weighted by Crippen LogP contribution is -2.25. The summed E-state index contributed by atoms with van der Waals surface area (Å²) in [6, 6.07) is 3.78. The number of carbonyl (C=O) groups is 1. The Hall–Kier alpha value is -2.71. The molecule has 1 amide bonds. The van der Waals surface area contributed by atoms with Crippen LogP contribution in [0.25, 0.3) is 11.4 Å². The number of pyridine rings is 1. The van der Waals surface area contributed by atoms with Gasteiger partial charge in [0.15, 0.2) is 0 Å². The summed E-state index contributed by atoms with van der Waals surface area (Å²) < 4.78 is 25.1. The number of rotatable bonds is 9. The minimum absolute atomic E-state index is 0.00876. The normalized spacial score (nSPS) is 14.5. The Morgan fingerprint density at radius 1 is 1.27 bits per heavy atom. The van der Waals surface area contributed by atoms with E-state index >= 15 is 0 Å². The van der Waals surface area contributed by atoms with Crippen LogP contribution in [0, 0.1) is 6.92 Å². The molecular formula is C21H30FN5O3. The maximum Gasteiger partial charge on any atom is 0.407 e. The highest BCUT2D eigenvalue weighted by atomic mass is 19.1. The van der Waals surface area contributed by atoms with Crippen molar-refractivity contribution in [1.29, 1.82) is 0 Å². The second-order valence-electron chi connectivity index (χ2n) is 7.57. The highest BCUT2D eigenvalue weighted by molar-refractivity contribution is 5.67. The Balaban J connectivity index is 1.63. The number of nitrogens with one attached hydrogen (secondary N) is 1. The van der Waals surface area contributed by atoms with Gasteiger partial charge in [-0.25, -0.2) is 14.5 Å². The van der Waals surface area contributed by atoms with Crippen LogP contribution in [0.3, 0.4) is 0 Å². The first-order valence-electron chi connectivity index (χ1n) is 10.6. The summed E-state index contributed by atoms with van der Waals surface area (Å²) in [5.41, 5.74) is 2.65. The Labute approximate surface area is 176 Å². The lowest BCUT2D eigenvalue weighted by atomic mass is 9.98. The van der Waals surface area contributed by atoms with Gasteiger partial charge in [0.25, 0.3) is 0 Å². The van der Waals surface area contributed by atoms with E-state index in [2.05, 4.69) is 20.6 Å². The minimum atomic E-state index is -0.554. The molecule has 164 valence electrons. The summed E-state index contributed by atoms with van der Waals surface area (Å²) in [5.74, 6) is 0.792. The van der Waals surface area contributed by atoms with E-state index in [1.54, 1.807) is 11.7 Å². The monoisotopic (exact) mass is 419 g/mol. The number of hydrogen-bond acceptors (Lipinski definition) is 6. The zero-order chi connectivity index (χ0) is 21.3. The maximum absolute atomic E-state index is 12.1. The molecule has 9 heteroatoms. The highest BCUT2D eigenvalue weighted by Crippen LogP contribution is 2.28. The molecule has 2 aromatic rings. The van der Waals surface area contributed by atoms with Crippen molar-refractivity contribution in [3.63, 3.8) is 0 Å². The molecule has 2 heterocycles. The molecule has 0 spiro atoms. The molecule has 0 atom stereocenters. The molecule has 0 saturated heterocycles. The van der Waals surface area contributed by atoms with Crippen molar-refractivity contribution in [3.05, 3.63) is 23.5 Å². The van der Waals surface area contributed by atoms with Crippen LogP contribution < -0.4 is 10.1 Å². The second-order valence-corrected chi connectivity index (χ2v) is 7.57. The van der Waals surface area contributed by atoms with Gasteiger partial charge in [-0.1, -0.05) is 11.6 Å². The number of amides is 1. The lowest BCUT2D eigenvalue weighted by molar-refractivity contribution is 0.137. The number of hydrogen-bond donors (Lipinski definition) is 1. The molecule has 1 fully saturated rings. The number of nitrogens with zero attached hydrogens (tertiary/aromatic N) is 4. The quantitative estimate of drug-likeness (QED) is 0.621. The van der Waals surface area contributed by atoms with Gasteiger partial charge in [-0.15, -0.1) is 5.10 Å². The van der Waals surface area contributed by atoms with E-state index < -0.39 is 12.8 Å². The number of alkyl carbamates (subject to hydrolysis) is 1. The van der Waals surface area contributed by atoms with Crippen LogP contribution in [-0.4, -0.2) is 45.4 Å². The van der Waals surface area contributed by atoms with Crippen LogP contribution >= 0.6 is 0 Å². The summed E-state index contributed by atoms with van der Waals surface area (Å²) in [7, 11) is 1.74. The van der Waals surface area contributed by atoms with Crippen LogP contribution in [0.4, 0.5) is 9.18 Å². The molecule has 1 aliphatic carbocycles. The molecule has 1 aliphatic rings. The van der Waals surface area contributed by atoms with Crippen molar-refractivity contribution in [3.8, 4) is 17.1 Å². The van der Waals surface area contributed by atoms with Gasteiger partial charge in [0.1, 0.15) is 23.7 Å². The zero-order valence-electron chi connectivity index (χ0n) is 17.7. The van der Waals surface area contributed by atoms with Crippen LogP contribution in [0.2, 0.25) is 0 Å². The number of aromatic nitrogens is 4. The van der Waals surface area contributed by atoms with Crippen LogP contribution in [0.15, 0.2) is 12.1 Å². The van der Waals surface area contributed by atoms with E-state index in [0.717, 1.165) is 24.3 Å². The van der Waals surface area contributed by atoms with Crippen LogP contribution in [-0.2, 0) is 18.4 Å². The first-order valence-corrected chi connectivity index (χ1v) is 10.6. The number of alkyl halides is 1. The average Bonchev–Trinajstić information content (AvgIpc) is 3.12. The molecule has 1 saturated carbocycles. The predicted octanol–water partition coefficient (Wildman–Crippen LogP) is 3.87. The Kier molecular flexibility index (Phi) is 7.98. The summed E-state index contributed by atoms with van der Waals surface area (Å²) in [5, 5.41) is 10.8. The number of carbonyl (C=O) groups excluding carboxylic acids is 1. The number of aryl methyl sites for hydroxylation is 2. The largest absolute Gasteiger partial charge is 0.489 e. The smallest absolute Gasteiger partial charge is 0.407 e. The first-order chi connectivity index (χ1) is 14.6. The summed E-state index contributed by atoms with van der Waals surface area (Å²) >= 11 is 0. The van der Waals surface area contributed by atoms with Gasteiger partial charge in [-0.2, -0.15) is 0 Å². The van der Waals surface area contributed by atoms with E-state index in [1.807, 2.05) is 19.1 Å². The molecule has 0 radical (unpaired) electrons. The molecule has 1 N–H and O–H groups in total. The van der Waals surface area contributed by atoms with Crippen molar-refractivity contribution in [2.75, 3.05) is 13.2 Å². The van der Waals surface area contributed by atoms with Crippen LogP contribution in [0.5, 0.6) is 5.75 Å². The Bertz CT molecular complexity index is 836. The second kappa shape index (κ2) is 10.9. The minimum Gasteiger partial charge on any atom is -0.489 e. The van der Waals surface area contributed by atoms with E-state index in [4.69, 9.17) is 9.47 Å². The molecular weight excluding hydrogens is 389 g/mol. The van der Waals surface area contributed by atoms with E-state index in [9.17, 15) is 9.18 Å². The lowest BCUT2D eigenvalue weighted by Gasteiger charge is -2.23. The summed E-state index contributed by atoms with van der Waals surface area (Å²) in [6.45, 7) is 1.91. The molecule has 8 nitrogen and oxygen atoms in total. The van der Waals surface area contributed by atoms with E-state index in [-0.39, 0.29) is 12.7 Å². The summed E-state index contributed by atoms with van der Waals surface area (Å²) in [6.07, 6.45) is 6.57. The fourth-order valence-electron chi connectivity index (χ4n) is 3.50. The average molecular weight is 420 g/mol. The number of halogens is 1. The fraction of sp³-hybridized carbons (Fsp3) is 0.619. The molecule has 0 aliphatic heterocycles. The third kappa shape index (κ3) is 5.90. The predicted molar refractivity (Wildman–Crippen MR) is 110 cm³/mol. The van der Waals surface area contributed by atoms with Crippen molar-refractivity contribution in [2.45, 2.75) is 64.6 Å². The SMILES string of the molecule is Cc1nc(-c2nnn(C)c2COC(=O)NCCCCF)ccc1OC1CCCCC1. The maximum atomic E-state index is 12.1. The Morgan fingerprint density at radius 2 is 2.07 bits per heavy atom. The third-order valence-corrected chi connectivity index (χ3v) is 5.24. The van der Waals surface area contributed by atoms with Crippen molar-refractivity contribution >= 4 is 6.09 Å². The fourth-order valence-corrected chi connectivity index (χ4v) is 3.50.